The molecule has 1 aromatic carbocycles. The van der Waals surface area contributed by atoms with Crippen LogP contribution in [0.2, 0.25) is 15.5 Å². The zero-order valence-electron chi connectivity index (χ0n) is 11.6. The molecular formula is C13H7Cl3F3N5. The number of alkyl halides is 3. The number of rotatable bonds is 3. The van der Waals surface area contributed by atoms with E-state index >= 15 is 0 Å². The van der Waals surface area contributed by atoms with Crippen LogP contribution in [0.1, 0.15) is 0 Å². The molecule has 11 heteroatoms. The lowest BCUT2D eigenvalue weighted by Gasteiger charge is -2.16. The molecular weight excluding hydrogens is 390 g/mol. The molecule has 1 N–H and O–H groups in total. The molecule has 5 nitrogen and oxygen atoms in total. The molecule has 3 rings (SSSR count). The molecule has 3 aromatic rings. The van der Waals surface area contributed by atoms with Gasteiger partial charge >= 0.3 is 6.18 Å². The van der Waals surface area contributed by atoms with Crippen molar-refractivity contribution in [3.8, 4) is 11.1 Å². The molecule has 0 aliphatic carbocycles. The van der Waals surface area contributed by atoms with Crippen molar-refractivity contribution in [2.24, 2.45) is 0 Å². The van der Waals surface area contributed by atoms with Gasteiger partial charge in [0.25, 0.3) is 5.78 Å². The van der Waals surface area contributed by atoms with Crippen molar-refractivity contribution in [2.45, 2.75) is 6.18 Å². The summed E-state index contributed by atoms with van der Waals surface area (Å²) in [5, 5.41) is 6.16. The van der Waals surface area contributed by atoms with Crippen LogP contribution in [0, 0.1) is 0 Å². The van der Waals surface area contributed by atoms with Crippen molar-refractivity contribution >= 4 is 46.4 Å². The fraction of sp³-hybridized carbons (Fsp3) is 0.154. The summed E-state index contributed by atoms with van der Waals surface area (Å²) in [6.07, 6.45) is -4.45. The monoisotopic (exact) mass is 395 g/mol. The van der Waals surface area contributed by atoms with Gasteiger partial charge in [0.05, 0.1) is 5.56 Å². The summed E-state index contributed by atoms with van der Waals surface area (Å²) in [5.74, 6) is -0.0969. The number of anilines is 1. The summed E-state index contributed by atoms with van der Waals surface area (Å²) in [6.45, 7) is -1.31. The molecule has 0 amide bonds. The average molecular weight is 397 g/mol. The summed E-state index contributed by atoms with van der Waals surface area (Å²) in [5.41, 5.74) is 0.565. The van der Waals surface area contributed by atoms with Crippen molar-refractivity contribution in [2.75, 3.05) is 11.9 Å². The van der Waals surface area contributed by atoms with Crippen LogP contribution in [-0.4, -0.2) is 32.3 Å². The number of fused-ring (bicyclic) bond motifs is 1. The zero-order valence-corrected chi connectivity index (χ0v) is 13.8. The Bertz CT molecular complexity index is 910. The first-order chi connectivity index (χ1) is 11.3. The number of nitrogens with one attached hydrogen (secondary N) is 1. The Labute approximate surface area is 148 Å². The van der Waals surface area contributed by atoms with E-state index in [4.69, 9.17) is 34.8 Å². The minimum atomic E-state index is -4.45. The quantitative estimate of drug-likeness (QED) is 0.651. The highest BCUT2D eigenvalue weighted by Crippen LogP contribution is 2.38. The number of halogens is 6. The molecule has 0 aliphatic heterocycles. The van der Waals surface area contributed by atoms with E-state index in [2.05, 4.69) is 20.4 Å². The number of benzene rings is 1. The van der Waals surface area contributed by atoms with E-state index < -0.39 is 12.7 Å². The fourth-order valence-electron chi connectivity index (χ4n) is 2.10. The summed E-state index contributed by atoms with van der Waals surface area (Å²) in [7, 11) is 0. The lowest BCUT2D eigenvalue weighted by atomic mass is 10.1. The minimum absolute atomic E-state index is 0.0366. The topological polar surface area (TPSA) is 55.1 Å². The Morgan fingerprint density at radius 1 is 1.08 bits per heavy atom. The highest BCUT2D eigenvalue weighted by Gasteiger charge is 2.29. The van der Waals surface area contributed by atoms with Gasteiger partial charge in [0.15, 0.2) is 0 Å². The molecule has 0 saturated carbocycles. The Balaban J connectivity index is 2.26. The molecule has 2 heterocycles. The van der Waals surface area contributed by atoms with Gasteiger partial charge in [-0.05, 0) is 17.7 Å². The van der Waals surface area contributed by atoms with Crippen LogP contribution < -0.4 is 5.32 Å². The fourth-order valence-corrected chi connectivity index (χ4v) is 2.75. The predicted octanol–water partition coefficient (Wildman–Crippen LogP) is 4.73. The number of hydrogen-bond donors (Lipinski definition) is 1. The number of aromatic nitrogens is 4. The SMILES string of the molecule is FC(F)(F)CNc1c(-c2ccccc2Cl)c(Cl)nc2nc(Cl)nn12. The maximum atomic E-state index is 12.7. The van der Waals surface area contributed by atoms with Gasteiger partial charge in [-0.15, -0.1) is 5.10 Å². The maximum absolute atomic E-state index is 12.7. The second kappa shape index (κ2) is 6.27. The van der Waals surface area contributed by atoms with E-state index in [1.165, 1.54) is 0 Å². The molecule has 0 aliphatic rings. The van der Waals surface area contributed by atoms with Gasteiger partial charge in [-0.3, -0.25) is 0 Å². The van der Waals surface area contributed by atoms with Crippen molar-refractivity contribution < 1.29 is 13.2 Å². The van der Waals surface area contributed by atoms with Crippen molar-refractivity contribution in [3.05, 3.63) is 39.7 Å². The van der Waals surface area contributed by atoms with Crippen LogP contribution in [0.5, 0.6) is 0 Å². The molecule has 2 aromatic heterocycles. The van der Waals surface area contributed by atoms with Gasteiger partial charge in [-0.25, -0.2) is 0 Å². The third kappa shape index (κ3) is 3.35. The first-order valence-electron chi connectivity index (χ1n) is 6.43. The van der Waals surface area contributed by atoms with Crippen molar-refractivity contribution in [1.29, 1.82) is 0 Å². The molecule has 0 unspecified atom stereocenters. The van der Waals surface area contributed by atoms with Crippen molar-refractivity contribution in [1.82, 2.24) is 19.6 Å². The highest BCUT2D eigenvalue weighted by atomic mass is 35.5. The van der Waals surface area contributed by atoms with Gasteiger partial charge < -0.3 is 5.32 Å². The van der Waals surface area contributed by atoms with Gasteiger partial charge in [0, 0.05) is 10.6 Å². The van der Waals surface area contributed by atoms with E-state index in [-0.39, 0.29) is 27.6 Å². The molecule has 0 atom stereocenters. The molecule has 0 fully saturated rings. The second-order valence-corrected chi connectivity index (χ2v) is 5.77. The first kappa shape index (κ1) is 17.1. The van der Waals surface area contributed by atoms with Gasteiger partial charge in [0.1, 0.15) is 17.5 Å². The molecule has 24 heavy (non-hydrogen) atoms. The van der Waals surface area contributed by atoms with Gasteiger partial charge in [0.2, 0.25) is 5.28 Å². The Kier molecular flexibility index (Phi) is 4.46. The van der Waals surface area contributed by atoms with Crippen LogP contribution in [0.15, 0.2) is 24.3 Å². The van der Waals surface area contributed by atoms with Gasteiger partial charge in [-0.1, -0.05) is 41.4 Å². The maximum Gasteiger partial charge on any atom is 0.405 e. The molecule has 0 spiro atoms. The first-order valence-corrected chi connectivity index (χ1v) is 7.57. The third-order valence-electron chi connectivity index (χ3n) is 3.02. The largest absolute Gasteiger partial charge is 0.405 e. The summed E-state index contributed by atoms with van der Waals surface area (Å²) in [4.78, 5) is 7.81. The predicted molar refractivity (Wildman–Crippen MR) is 85.8 cm³/mol. The van der Waals surface area contributed by atoms with Crippen LogP contribution >= 0.6 is 34.8 Å². The van der Waals surface area contributed by atoms with E-state index in [9.17, 15) is 13.2 Å². The van der Waals surface area contributed by atoms with E-state index in [0.29, 0.717) is 10.6 Å². The van der Waals surface area contributed by atoms with Crippen LogP contribution in [0.25, 0.3) is 16.9 Å². The molecule has 0 radical (unpaired) electrons. The molecule has 0 saturated heterocycles. The normalized spacial score (nSPS) is 11.9. The second-order valence-electron chi connectivity index (χ2n) is 4.67. The van der Waals surface area contributed by atoms with Gasteiger partial charge in [-0.2, -0.15) is 27.7 Å². The summed E-state index contributed by atoms with van der Waals surface area (Å²) >= 11 is 18.0. The lowest BCUT2D eigenvalue weighted by Crippen LogP contribution is -2.23. The Hall–Kier alpha value is -1.77. The smallest absolute Gasteiger partial charge is 0.360 e. The summed E-state index contributed by atoms with van der Waals surface area (Å²) in [6, 6.07) is 6.54. The van der Waals surface area contributed by atoms with Crippen LogP contribution in [0.4, 0.5) is 19.0 Å². The zero-order chi connectivity index (χ0) is 17.5. The summed E-state index contributed by atoms with van der Waals surface area (Å²) < 4.78 is 39.0. The lowest BCUT2D eigenvalue weighted by molar-refractivity contribution is -0.115. The highest BCUT2D eigenvalue weighted by molar-refractivity contribution is 6.36. The van der Waals surface area contributed by atoms with Crippen molar-refractivity contribution in [3.63, 3.8) is 0 Å². The van der Waals surface area contributed by atoms with Crippen LogP contribution in [-0.2, 0) is 0 Å². The van der Waals surface area contributed by atoms with Crippen LogP contribution in [0.3, 0.4) is 0 Å². The average Bonchev–Trinajstić information content (AvgIpc) is 2.84. The molecule has 0 bridgehead atoms. The molecule has 126 valence electrons. The Morgan fingerprint density at radius 3 is 2.46 bits per heavy atom. The number of hydrogen-bond acceptors (Lipinski definition) is 4. The minimum Gasteiger partial charge on any atom is -0.360 e. The standard InChI is InChI=1S/C13H7Cl3F3N5/c14-7-4-2-1-3-6(7)8-9(15)21-12-22-11(16)23-24(12)10(8)20-5-13(17,18)19/h1-4,20H,5H2. The van der Waals surface area contributed by atoms with E-state index in [1.54, 1.807) is 24.3 Å². The number of nitrogens with zero attached hydrogens (tertiary/aromatic N) is 4. The third-order valence-corrected chi connectivity index (χ3v) is 3.78. The van der Waals surface area contributed by atoms with E-state index in [0.717, 1.165) is 4.52 Å². The Morgan fingerprint density at radius 2 is 1.79 bits per heavy atom. The van der Waals surface area contributed by atoms with E-state index in [1.807, 2.05) is 0 Å².